The lowest BCUT2D eigenvalue weighted by atomic mass is 10.3. The van der Waals surface area contributed by atoms with E-state index < -0.39 is 12.0 Å². The molecule has 28 heavy (non-hydrogen) atoms. The van der Waals surface area contributed by atoms with E-state index in [1.165, 1.54) is 4.68 Å². The van der Waals surface area contributed by atoms with Gasteiger partial charge in [-0.25, -0.2) is 4.68 Å². The van der Waals surface area contributed by atoms with Crippen molar-refractivity contribution >= 4 is 39.1 Å². The summed E-state index contributed by atoms with van der Waals surface area (Å²) in [6, 6.07) is 14.3. The summed E-state index contributed by atoms with van der Waals surface area (Å²) in [5.41, 5.74) is 1.25. The molecule has 0 unspecified atom stereocenters. The first kappa shape index (κ1) is 20.2. The number of ether oxygens (including phenoxy) is 1. The second kappa shape index (κ2) is 8.24. The van der Waals surface area contributed by atoms with E-state index in [2.05, 4.69) is 21.2 Å². The van der Waals surface area contributed by atoms with E-state index >= 15 is 0 Å². The molecular formula is C20H19BrClN3O3. The number of aromatic nitrogens is 2. The van der Waals surface area contributed by atoms with Crippen molar-refractivity contribution in [3.63, 3.8) is 0 Å². The third-order valence-corrected chi connectivity index (χ3v) is 5.16. The topological polar surface area (TPSA) is 65.3 Å². The first-order valence-corrected chi connectivity index (χ1v) is 9.73. The van der Waals surface area contributed by atoms with Crippen molar-refractivity contribution in [3.05, 3.63) is 74.1 Å². The van der Waals surface area contributed by atoms with Crippen LogP contribution in [0.25, 0.3) is 5.69 Å². The zero-order chi connectivity index (χ0) is 20.4. The van der Waals surface area contributed by atoms with E-state index in [9.17, 15) is 9.59 Å². The molecule has 3 aromatic rings. The van der Waals surface area contributed by atoms with Gasteiger partial charge in [0.15, 0.2) is 6.10 Å². The molecule has 146 valence electrons. The third-order valence-electron chi connectivity index (χ3n) is 4.37. The number of nitrogens with zero attached hydrogens (tertiary/aromatic N) is 2. The summed E-state index contributed by atoms with van der Waals surface area (Å²) in [5, 5.41) is 3.08. The van der Waals surface area contributed by atoms with Crippen LogP contribution in [0.15, 0.2) is 57.8 Å². The van der Waals surface area contributed by atoms with Crippen LogP contribution in [0.3, 0.4) is 0 Å². The number of hydrogen-bond acceptors (Lipinski definition) is 3. The zero-order valence-corrected chi connectivity index (χ0v) is 17.9. The molecule has 0 saturated carbocycles. The average molecular weight is 465 g/mol. The molecule has 0 saturated heterocycles. The summed E-state index contributed by atoms with van der Waals surface area (Å²) < 4.78 is 9.66. The van der Waals surface area contributed by atoms with Gasteiger partial charge in [-0.05, 0) is 44.2 Å². The minimum atomic E-state index is -0.845. The predicted octanol–water partition coefficient (Wildman–Crippen LogP) is 4.31. The Hall–Kier alpha value is -2.51. The van der Waals surface area contributed by atoms with Gasteiger partial charge in [-0.1, -0.05) is 45.7 Å². The van der Waals surface area contributed by atoms with Crippen LogP contribution < -0.4 is 15.6 Å². The Bertz CT molecular complexity index is 1080. The fourth-order valence-electron chi connectivity index (χ4n) is 2.75. The van der Waals surface area contributed by atoms with Crippen molar-refractivity contribution < 1.29 is 9.53 Å². The monoisotopic (exact) mass is 463 g/mol. The largest absolute Gasteiger partial charge is 0.479 e. The van der Waals surface area contributed by atoms with Gasteiger partial charge < -0.3 is 10.1 Å². The molecule has 2 aromatic carbocycles. The molecule has 0 aliphatic rings. The molecule has 6 nitrogen and oxygen atoms in total. The Morgan fingerprint density at radius 2 is 1.89 bits per heavy atom. The summed E-state index contributed by atoms with van der Waals surface area (Å²) >= 11 is 9.46. The van der Waals surface area contributed by atoms with Crippen molar-refractivity contribution in [2.24, 2.45) is 7.05 Å². The van der Waals surface area contributed by atoms with Gasteiger partial charge in [-0.15, -0.1) is 0 Å². The molecule has 1 aromatic heterocycles. The van der Waals surface area contributed by atoms with E-state index in [4.69, 9.17) is 16.3 Å². The van der Waals surface area contributed by atoms with Gasteiger partial charge in [0.25, 0.3) is 11.5 Å². The lowest BCUT2D eigenvalue weighted by Crippen LogP contribution is -2.32. The highest BCUT2D eigenvalue weighted by Gasteiger charge is 2.22. The summed E-state index contributed by atoms with van der Waals surface area (Å²) in [7, 11) is 1.76. The van der Waals surface area contributed by atoms with Crippen LogP contribution in [0.1, 0.15) is 12.6 Å². The van der Waals surface area contributed by atoms with Gasteiger partial charge in [0, 0.05) is 11.5 Å². The lowest BCUT2D eigenvalue weighted by molar-refractivity contribution is -0.122. The average Bonchev–Trinajstić information content (AvgIpc) is 2.88. The van der Waals surface area contributed by atoms with Crippen LogP contribution >= 0.6 is 27.5 Å². The third kappa shape index (κ3) is 4.00. The normalized spacial score (nSPS) is 11.9. The molecule has 0 fully saturated rings. The van der Waals surface area contributed by atoms with Gasteiger partial charge in [0.2, 0.25) is 0 Å². The van der Waals surface area contributed by atoms with Crippen LogP contribution in [0.4, 0.5) is 5.69 Å². The maximum atomic E-state index is 12.9. The number of nitrogens with one attached hydrogen (secondary N) is 1. The summed E-state index contributed by atoms with van der Waals surface area (Å²) in [5.74, 6) is -0.0519. The number of benzene rings is 2. The molecule has 0 aliphatic carbocycles. The first-order chi connectivity index (χ1) is 13.3. The van der Waals surface area contributed by atoms with E-state index in [1.54, 1.807) is 43.8 Å². The Labute approximate surface area is 175 Å². The van der Waals surface area contributed by atoms with Gasteiger partial charge in [0.05, 0.1) is 16.4 Å². The van der Waals surface area contributed by atoms with Crippen LogP contribution in [0, 0.1) is 6.92 Å². The first-order valence-electron chi connectivity index (χ1n) is 8.56. The van der Waals surface area contributed by atoms with Gasteiger partial charge >= 0.3 is 0 Å². The van der Waals surface area contributed by atoms with Crippen LogP contribution in [-0.2, 0) is 11.8 Å². The second-order valence-corrected chi connectivity index (χ2v) is 7.58. The summed E-state index contributed by atoms with van der Waals surface area (Å²) in [4.78, 5) is 25.5. The minimum absolute atomic E-state index is 0.216. The SMILES string of the molecule is Cc1c(NC(=O)[C@H](C)Oc2ccc(Br)cc2Cl)c(=O)n(-c2ccccc2)n1C. The number of amides is 1. The minimum Gasteiger partial charge on any atom is -0.479 e. The molecule has 1 atom stereocenters. The number of carbonyl (C=O) groups is 1. The maximum absolute atomic E-state index is 12.9. The molecule has 1 N–H and O–H groups in total. The van der Waals surface area contributed by atoms with E-state index in [0.29, 0.717) is 22.2 Å². The van der Waals surface area contributed by atoms with Gasteiger partial charge in [0.1, 0.15) is 11.4 Å². The lowest BCUT2D eigenvalue weighted by Gasteiger charge is -2.15. The summed E-state index contributed by atoms with van der Waals surface area (Å²) in [6.45, 7) is 3.37. The number of para-hydroxylation sites is 1. The van der Waals surface area contributed by atoms with Crippen molar-refractivity contribution in [2.75, 3.05) is 5.32 Å². The number of rotatable bonds is 5. The van der Waals surface area contributed by atoms with Crippen molar-refractivity contribution in [1.29, 1.82) is 0 Å². The summed E-state index contributed by atoms with van der Waals surface area (Å²) in [6.07, 6.45) is -0.845. The van der Waals surface area contributed by atoms with Crippen molar-refractivity contribution in [2.45, 2.75) is 20.0 Å². The molecular weight excluding hydrogens is 446 g/mol. The number of carbonyl (C=O) groups excluding carboxylic acids is 1. The Morgan fingerprint density at radius 1 is 1.21 bits per heavy atom. The Morgan fingerprint density at radius 3 is 2.54 bits per heavy atom. The molecule has 8 heteroatoms. The van der Waals surface area contributed by atoms with Gasteiger partial charge in [-0.2, -0.15) is 0 Å². The number of hydrogen-bond donors (Lipinski definition) is 1. The van der Waals surface area contributed by atoms with Crippen molar-refractivity contribution in [1.82, 2.24) is 9.36 Å². The fraction of sp³-hybridized carbons (Fsp3) is 0.200. The van der Waals surface area contributed by atoms with E-state index in [-0.39, 0.29) is 11.2 Å². The van der Waals surface area contributed by atoms with Crippen LogP contribution in [0.2, 0.25) is 5.02 Å². The van der Waals surface area contributed by atoms with Crippen molar-refractivity contribution in [3.8, 4) is 11.4 Å². The quantitative estimate of drug-likeness (QED) is 0.612. The van der Waals surface area contributed by atoms with Crippen LogP contribution in [0.5, 0.6) is 5.75 Å². The van der Waals surface area contributed by atoms with E-state index in [0.717, 1.165) is 4.47 Å². The predicted molar refractivity (Wildman–Crippen MR) is 114 cm³/mol. The number of halogens is 2. The second-order valence-electron chi connectivity index (χ2n) is 6.26. The highest BCUT2D eigenvalue weighted by atomic mass is 79.9. The Balaban J connectivity index is 1.83. The fourth-order valence-corrected chi connectivity index (χ4v) is 3.47. The Kier molecular flexibility index (Phi) is 5.96. The maximum Gasteiger partial charge on any atom is 0.295 e. The molecule has 1 amide bonds. The smallest absolute Gasteiger partial charge is 0.295 e. The molecule has 0 radical (unpaired) electrons. The highest BCUT2D eigenvalue weighted by molar-refractivity contribution is 9.10. The van der Waals surface area contributed by atoms with Crippen LogP contribution in [-0.4, -0.2) is 21.4 Å². The zero-order valence-electron chi connectivity index (χ0n) is 15.6. The molecule has 0 spiro atoms. The number of anilines is 1. The molecule has 0 aliphatic heterocycles. The molecule has 1 heterocycles. The standard InChI is InChI=1S/C20H19BrClN3O3/c1-12-18(20(27)25(24(12)3)15-7-5-4-6-8-15)23-19(26)13(2)28-17-10-9-14(21)11-16(17)22/h4-11,13H,1-3H3,(H,23,26)/t13-/m0/s1. The van der Waals surface area contributed by atoms with Gasteiger partial charge in [-0.3, -0.25) is 14.3 Å². The highest BCUT2D eigenvalue weighted by Crippen LogP contribution is 2.28. The molecule has 0 bridgehead atoms. The molecule has 3 rings (SSSR count). The van der Waals surface area contributed by atoms with E-state index in [1.807, 2.05) is 30.3 Å².